The van der Waals surface area contributed by atoms with E-state index in [0.29, 0.717) is 13.0 Å². The molecular formula is C23H32ClNO3. The molecule has 0 aliphatic carbocycles. The van der Waals surface area contributed by atoms with Crippen LogP contribution in [-0.2, 0) is 17.8 Å². The molecule has 0 unspecified atom stereocenters. The number of Topliss-reactive ketones (excluding diaryl/α,β-unsaturated/α-hetero) is 1. The van der Waals surface area contributed by atoms with Crippen LogP contribution in [0.1, 0.15) is 52.4 Å². The number of carbonyl (C=O) groups is 1. The minimum absolute atomic E-state index is 0. The summed E-state index contributed by atoms with van der Waals surface area (Å²) in [5, 5.41) is 9.12. The van der Waals surface area contributed by atoms with Gasteiger partial charge in [-0.1, -0.05) is 42.5 Å². The Labute approximate surface area is 174 Å². The van der Waals surface area contributed by atoms with Crippen molar-refractivity contribution in [3.8, 4) is 0 Å². The summed E-state index contributed by atoms with van der Waals surface area (Å²) in [6.45, 7) is 6.54. The molecule has 0 aromatic heterocycles. The minimum Gasteiger partial charge on any atom is -0.394 e. The first-order valence-corrected chi connectivity index (χ1v) is 9.46. The molecule has 4 nitrogen and oxygen atoms in total. The summed E-state index contributed by atoms with van der Waals surface area (Å²) < 4.78 is 5.54. The quantitative estimate of drug-likeness (QED) is 0.582. The number of aliphatic hydroxyl groups excluding tert-OH is 1. The largest absolute Gasteiger partial charge is 0.394 e. The third kappa shape index (κ3) is 7.72. The second-order valence-corrected chi connectivity index (χ2v) is 7.70. The lowest BCUT2D eigenvalue weighted by Crippen LogP contribution is -2.44. The highest BCUT2D eigenvalue weighted by Crippen LogP contribution is 2.14. The molecule has 2 aromatic carbocycles. The second kappa shape index (κ2) is 11.3. The summed E-state index contributed by atoms with van der Waals surface area (Å²) in [6.07, 6.45) is 2.31. The first kappa shape index (κ1) is 24.3. The van der Waals surface area contributed by atoms with Crippen molar-refractivity contribution < 1.29 is 14.6 Å². The van der Waals surface area contributed by atoms with Gasteiger partial charge in [0.25, 0.3) is 0 Å². The summed E-state index contributed by atoms with van der Waals surface area (Å²) in [6, 6.07) is 14.0. The van der Waals surface area contributed by atoms with E-state index < -0.39 is 5.54 Å². The van der Waals surface area contributed by atoms with Crippen LogP contribution in [0.25, 0.3) is 0 Å². The molecule has 0 aliphatic rings. The van der Waals surface area contributed by atoms with Gasteiger partial charge in [-0.15, -0.1) is 12.4 Å². The Morgan fingerprint density at radius 1 is 1.07 bits per heavy atom. The number of rotatable bonds is 10. The average Bonchev–Trinajstić information content (AvgIpc) is 2.65. The Kier molecular flexibility index (Phi) is 9.83. The molecule has 0 amide bonds. The highest BCUT2D eigenvalue weighted by atomic mass is 35.5. The lowest BCUT2D eigenvalue weighted by Gasteiger charge is -2.21. The minimum atomic E-state index is -0.730. The Morgan fingerprint density at radius 2 is 1.71 bits per heavy atom. The molecule has 28 heavy (non-hydrogen) atoms. The van der Waals surface area contributed by atoms with Crippen molar-refractivity contribution in [1.82, 2.24) is 0 Å². The molecule has 0 saturated carbocycles. The van der Waals surface area contributed by atoms with E-state index >= 15 is 0 Å². The molecule has 2 aromatic rings. The van der Waals surface area contributed by atoms with Crippen LogP contribution in [0.4, 0.5) is 0 Å². The average molecular weight is 406 g/mol. The van der Waals surface area contributed by atoms with Gasteiger partial charge in [-0.3, -0.25) is 4.79 Å². The molecular weight excluding hydrogens is 374 g/mol. The van der Waals surface area contributed by atoms with Crippen LogP contribution in [0.15, 0.2) is 42.5 Å². The monoisotopic (exact) mass is 405 g/mol. The van der Waals surface area contributed by atoms with Crippen molar-refractivity contribution in [1.29, 1.82) is 0 Å². The Hall–Kier alpha value is -1.72. The van der Waals surface area contributed by atoms with Crippen LogP contribution in [-0.4, -0.2) is 29.6 Å². The van der Waals surface area contributed by atoms with E-state index in [2.05, 4.69) is 32.0 Å². The SMILES string of the molecule is Cc1ccc(CCCC(=O)c2ccc(COC[C@@](C)(N)CO)cc2)cc1C.Cl. The molecule has 3 N–H and O–H groups in total. The first-order chi connectivity index (χ1) is 12.8. The predicted octanol–water partition coefficient (Wildman–Crippen LogP) is 4.16. The molecule has 154 valence electrons. The number of halogens is 1. The normalized spacial score (nSPS) is 12.9. The van der Waals surface area contributed by atoms with Gasteiger partial charge in [-0.05, 0) is 55.9 Å². The fourth-order valence-electron chi connectivity index (χ4n) is 2.79. The lowest BCUT2D eigenvalue weighted by atomic mass is 9.99. The van der Waals surface area contributed by atoms with Gasteiger partial charge in [-0.2, -0.15) is 0 Å². The van der Waals surface area contributed by atoms with Gasteiger partial charge in [-0.25, -0.2) is 0 Å². The second-order valence-electron chi connectivity index (χ2n) is 7.70. The van der Waals surface area contributed by atoms with E-state index in [9.17, 15) is 4.79 Å². The van der Waals surface area contributed by atoms with E-state index in [1.807, 2.05) is 24.3 Å². The highest BCUT2D eigenvalue weighted by Gasteiger charge is 2.17. The van der Waals surface area contributed by atoms with E-state index in [0.717, 1.165) is 24.0 Å². The Morgan fingerprint density at radius 3 is 2.32 bits per heavy atom. The van der Waals surface area contributed by atoms with E-state index in [-0.39, 0.29) is 31.4 Å². The summed E-state index contributed by atoms with van der Waals surface area (Å²) >= 11 is 0. The zero-order chi connectivity index (χ0) is 19.9. The van der Waals surface area contributed by atoms with Crippen LogP contribution in [0, 0.1) is 13.8 Å². The van der Waals surface area contributed by atoms with Gasteiger partial charge in [0.1, 0.15) is 0 Å². The molecule has 0 saturated heterocycles. The van der Waals surface area contributed by atoms with Crippen LogP contribution < -0.4 is 5.73 Å². The van der Waals surface area contributed by atoms with Crippen molar-refractivity contribution in [3.05, 3.63) is 70.3 Å². The number of aliphatic hydroxyl groups is 1. The molecule has 0 fully saturated rings. The van der Waals surface area contributed by atoms with Gasteiger partial charge in [0.05, 0.1) is 25.4 Å². The number of hydrogen-bond donors (Lipinski definition) is 2. The van der Waals surface area contributed by atoms with Gasteiger partial charge in [0, 0.05) is 12.0 Å². The summed E-state index contributed by atoms with van der Waals surface area (Å²) in [4.78, 5) is 12.4. The zero-order valence-corrected chi connectivity index (χ0v) is 17.8. The van der Waals surface area contributed by atoms with E-state index in [1.54, 1.807) is 6.92 Å². The fourth-order valence-corrected chi connectivity index (χ4v) is 2.79. The molecule has 2 rings (SSSR count). The molecule has 0 heterocycles. The summed E-state index contributed by atoms with van der Waals surface area (Å²) in [7, 11) is 0. The van der Waals surface area contributed by atoms with Gasteiger partial charge >= 0.3 is 0 Å². The molecule has 0 aliphatic heterocycles. The fraction of sp³-hybridized carbons (Fsp3) is 0.435. The maximum absolute atomic E-state index is 12.4. The zero-order valence-electron chi connectivity index (χ0n) is 17.0. The number of carbonyl (C=O) groups excluding carboxylic acids is 1. The van der Waals surface area contributed by atoms with Crippen LogP contribution in [0.2, 0.25) is 0 Å². The van der Waals surface area contributed by atoms with Crippen molar-refractivity contribution in [2.45, 2.75) is 52.2 Å². The van der Waals surface area contributed by atoms with Crippen LogP contribution in [0.3, 0.4) is 0 Å². The van der Waals surface area contributed by atoms with Gasteiger partial charge in [0.2, 0.25) is 0 Å². The highest BCUT2D eigenvalue weighted by molar-refractivity contribution is 5.96. The maximum atomic E-state index is 12.4. The molecule has 0 radical (unpaired) electrons. The standard InChI is InChI=1S/C23H31NO3.ClH/c1-17-7-8-19(13-18(17)2)5-4-6-22(26)21-11-9-20(10-12-21)14-27-16-23(3,24)15-25;/h7-13,25H,4-6,14-16,24H2,1-3H3;1H/t23-;/m0./s1. The third-order valence-corrected chi connectivity index (χ3v) is 4.78. The molecule has 0 spiro atoms. The topological polar surface area (TPSA) is 72.5 Å². The number of nitrogens with two attached hydrogens (primary N) is 1. The van der Waals surface area contributed by atoms with E-state index in [1.165, 1.54) is 16.7 Å². The molecule has 0 bridgehead atoms. The van der Waals surface area contributed by atoms with Crippen molar-refractivity contribution in [2.24, 2.45) is 5.73 Å². The predicted molar refractivity (Wildman–Crippen MR) is 116 cm³/mol. The number of ketones is 1. The molecule has 1 atom stereocenters. The van der Waals surface area contributed by atoms with Crippen LogP contribution in [0.5, 0.6) is 0 Å². The number of aryl methyl sites for hydroxylation is 3. The number of benzene rings is 2. The number of hydrogen-bond acceptors (Lipinski definition) is 4. The van der Waals surface area contributed by atoms with Gasteiger partial charge < -0.3 is 15.6 Å². The van der Waals surface area contributed by atoms with Crippen molar-refractivity contribution in [2.75, 3.05) is 13.2 Å². The summed E-state index contributed by atoms with van der Waals surface area (Å²) in [5.74, 6) is 0.168. The maximum Gasteiger partial charge on any atom is 0.162 e. The Balaban J connectivity index is 0.00000392. The van der Waals surface area contributed by atoms with E-state index in [4.69, 9.17) is 15.6 Å². The van der Waals surface area contributed by atoms with Crippen molar-refractivity contribution in [3.63, 3.8) is 0 Å². The Bertz CT molecular complexity index is 757. The molecule has 5 heteroatoms. The third-order valence-electron chi connectivity index (χ3n) is 4.78. The first-order valence-electron chi connectivity index (χ1n) is 9.46. The lowest BCUT2D eigenvalue weighted by molar-refractivity contribution is 0.0535. The van der Waals surface area contributed by atoms with Gasteiger partial charge in [0.15, 0.2) is 5.78 Å². The smallest absolute Gasteiger partial charge is 0.162 e. The van der Waals surface area contributed by atoms with Crippen molar-refractivity contribution >= 4 is 18.2 Å². The van der Waals surface area contributed by atoms with Crippen LogP contribution >= 0.6 is 12.4 Å². The number of ether oxygens (including phenoxy) is 1. The summed E-state index contributed by atoms with van der Waals surface area (Å²) in [5.41, 5.74) is 10.7.